The summed E-state index contributed by atoms with van der Waals surface area (Å²) >= 11 is 0. The summed E-state index contributed by atoms with van der Waals surface area (Å²) in [6.07, 6.45) is 2.29. The zero-order chi connectivity index (χ0) is 21.9. The van der Waals surface area contributed by atoms with Crippen LogP contribution in [0.2, 0.25) is 0 Å². The summed E-state index contributed by atoms with van der Waals surface area (Å²) in [4.78, 5) is 0. The molecule has 0 aliphatic heterocycles. The van der Waals surface area contributed by atoms with Crippen molar-refractivity contribution in [3.05, 3.63) is 95.6 Å². The molecular formula is C27H30O3. The van der Waals surface area contributed by atoms with Gasteiger partial charge in [0.2, 0.25) is 0 Å². The van der Waals surface area contributed by atoms with Crippen LogP contribution < -0.4 is 0 Å². The van der Waals surface area contributed by atoms with Gasteiger partial charge < -0.3 is 15.3 Å². The molecule has 3 aromatic carbocycles. The molecule has 3 aromatic rings. The van der Waals surface area contributed by atoms with Crippen LogP contribution in [0.3, 0.4) is 0 Å². The molecule has 0 aliphatic rings. The van der Waals surface area contributed by atoms with E-state index in [9.17, 15) is 15.3 Å². The molecule has 0 radical (unpaired) electrons. The number of hydrogen-bond acceptors (Lipinski definition) is 3. The first kappa shape index (κ1) is 21.5. The Morgan fingerprint density at radius 1 is 0.733 bits per heavy atom. The van der Waals surface area contributed by atoms with Gasteiger partial charge in [-0.1, -0.05) is 63.2 Å². The van der Waals surface area contributed by atoms with E-state index in [1.165, 1.54) is 5.56 Å². The average Bonchev–Trinajstić information content (AvgIpc) is 2.74. The van der Waals surface area contributed by atoms with E-state index >= 15 is 0 Å². The Bertz CT molecular complexity index is 1000. The number of phenols is 3. The van der Waals surface area contributed by atoms with E-state index in [0.717, 1.165) is 16.7 Å². The summed E-state index contributed by atoms with van der Waals surface area (Å²) in [7, 11) is 0. The number of allylic oxidation sites excluding steroid dienone is 2. The molecule has 3 unspecified atom stereocenters. The minimum absolute atomic E-state index is 0.221. The molecule has 156 valence electrons. The maximum Gasteiger partial charge on any atom is 0.115 e. The van der Waals surface area contributed by atoms with E-state index < -0.39 is 0 Å². The second-order valence-electron chi connectivity index (χ2n) is 8.37. The van der Waals surface area contributed by atoms with Crippen LogP contribution >= 0.6 is 0 Å². The Morgan fingerprint density at radius 2 is 1.17 bits per heavy atom. The van der Waals surface area contributed by atoms with Gasteiger partial charge in [0.05, 0.1) is 0 Å². The number of hydrogen-bond donors (Lipinski definition) is 3. The van der Waals surface area contributed by atoms with Gasteiger partial charge in [0.15, 0.2) is 0 Å². The monoisotopic (exact) mass is 402 g/mol. The van der Waals surface area contributed by atoms with Crippen molar-refractivity contribution >= 4 is 5.57 Å². The first-order valence-electron chi connectivity index (χ1n) is 10.3. The van der Waals surface area contributed by atoms with Gasteiger partial charge in [-0.2, -0.15) is 0 Å². The molecule has 0 aliphatic carbocycles. The van der Waals surface area contributed by atoms with Crippen molar-refractivity contribution < 1.29 is 15.3 Å². The van der Waals surface area contributed by atoms with E-state index in [2.05, 4.69) is 33.8 Å². The Hall–Kier alpha value is -3.20. The molecule has 3 heteroatoms. The Morgan fingerprint density at radius 3 is 1.67 bits per heavy atom. The second kappa shape index (κ2) is 8.66. The van der Waals surface area contributed by atoms with Crippen LogP contribution in [0.15, 0.2) is 78.9 Å². The van der Waals surface area contributed by atoms with E-state index in [1.54, 1.807) is 36.4 Å². The molecule has 3 atom stereocenters. The normalized spacial score (nSPS) is 15.9. The van der Waals surface area contributed by atoms with Crippen molar-refractivity contribution in [3.8, 4) is 17.2 Å². The summed E-state index contributed by atoms with van der Waals surface area (Å²) in [6.45, 7) is 8.76. The Kier molecular flexibility index (Phi) is 6.21. The predicted octanol–water partition coefficient (Wildman–Crippen LogP) is 6.60. The molecular weight excluding hydrogens is 372 g/mol. The summed E-state index contributed by atoms with van der Waals surface area (Å²) in [5.74, 6) is 1.22. The SMILES string of the molecule is CC(=CC(C)(c1ccc(O)cc1)C(C)C(C)c1ccc(O)cc1)c1ccc(O)cc1. The number of rotatable bonds is 6. The summed E-state index contributed by atoms with van der Waals surface area (Å²) < 4.78 is 0. The second-order valence-corrected chi connectivity index (χ2v) is 8.37. The molecule has 30 heavy (non-hydrogen) atoms. The van der Waals surface area contributed by atoms with Crippen LogP contribution in [0.5, 0.6) is 17.2 Å². The molecule has 0 heterocycles. The molecule has 0 spiro atoms. The zero-order valence-corrected chi connectivity index (χ0v) is 18.0. The van der Waals surface area contributed by atoms with Crippen molar-refractivity contribution in [1.82, 2.24) is 0 Å². The Balaban J connectivity index is 2.06. The van der Waals surface area contributed by atoms with E-state index in [0.29, 0.717) is 0 Å². The molecule has 3 nitrogen and oxygen atoms in total. The van der Waals surface area contributed by atoms with Crippen molar-refractivity contribution in [3.63, 3.8) is 0 Å². The van der Waals surface area contributed by atoms with Crippen molar-refractivity contribution in [2.75, 3.05) is 0 Å². The molecule has 0 amide bonds. The van der Waals surface area contributed by atoms with Crippen LogP contribution in [0.25, 0.3) is 5.57 Å². The van der Waals surface area contributed by atoms with Crippen molar-refractivity contribution in [2.45, 2.75) is 39.0 Å². The molecule has 0 bridgehead atoms. The van der Waals surface area contributed by atoms with Gasteiger partial charge in [-0.25, -0.2) is 0 Å². The third-order valence-electron chi connectivity index (χ3n) is 6.44. The summed E-state index contributed by atoms with van der Waals surface area (Å²) in [6, 6.07) is 22.1. The first-order valence-corrected chi connectivity index (χ1v) is 10.3. The van der Waals surface area contributed by atoms with Gasteiger partial charge in [0.25, 0.3) is 0 Å². The highest BCUT2D eigenvalue weighted by Crippen LogP contribution is 2.43. The molecule has 0 saturated heterocycles. The third kappa shape index (κ3) is 4.51. The topological polar surface area (TPSA) is 60.7 Å². The van der Waals surface area contributed by atoms with E-state index in [1.807, 2.05) is 36.4 Å². The van der Waals surface area contributed by atoms with Crippen LogP contribution in [0, 0.1) is 5.92 Å². The largest absolute Gasteiger partial charge is 0.508 e. The van der Waals surface area contributed by atoms with Gasteiger partial charge >= 0.3 is 0 Å². The van der Waals surface area contributed by atoms with E-state index in [-0.39, 0.29) is 34.5 Å². The maximum atomic E-state index is 9.80. The number of benzene rings is 3. The van der Waals surface area contributed by atoms with Gasteiger partial charge in [-0.15, -0.1) is 0 Å². The van der Waals surface area contributed by atoms with Crippen LogP contribution in [0.4, 0.5) is 0 Å². The summed E-state index contributed by atoms with van der Waals surface area (Å²) in [5.41, 5.74) is 4.16. The Labute approximate surface area is 179 Å². The minimum atomic E-state index is -0.313. The highest BCUT2D eigenvalue weighted by Gasteiger charge is 2.35. The molecule has 0 aromatic heterocycles. The average molecular weight is 403 g/mol. The zero-order valence-electron chi connectivity index (χ0n) is 18.0. The smallest absolute Gasteiger partial charge is 0.115 e. The van der Waals surface area contributed by atoms with Gasteiger partial charge in [-0.05, 0) is 77.4 Å². The van der Waals surface area contributed by atoms with Crippen LogP contribution in [0.1, 0.15) is 50.3 Å². The van der Waals surface area contributed by atoms with Gasteiger partial charge in [0, 0.05) is 5.41 Å². The number of aromatic hydroxyl groups is 3. The van der Waals surface area contributed by atoms with Crippen LogP contribution in [-0.4, -0.2) is 15.3 Å². The minimum Gasteiger partial charge on any atom is -0.508 e. The fourth-order valence-corrected chi connectivity index (χ4v) is 4.14. The lowest BCUT2D eigenvalue weighted by Gasteiger charge is -2.38. The molecule has 0 saturated carbocycles. The fraction of sp³-hybridized carbons (Fsp3) is 0.259. The van der Waals surface area contributed by atoms with Crippen LogP contribution in [-0.2, 0) is 5.41 Å². The number of phenolic OH excluding ortho intramolecular Hbond substituents is 3. The van der Waals surface area contributed by atoms with Crippen molar-refractivity contribution in [2.24, 2.45) is 5.92 Å². The standard InChI is InChI=1S/C27H30O3/c1-18(21-5-11-24(28)12-6-21)17-27(4,23-9-15-26(30)16-10-23)20(3)19(2)22-7-13-25(29)14-8-22/h5-17,19-20,28-30H,1-4H3. The highest BCUT2D eigenvalue weighted by molar-refractivity contribution is 5.66. The van der Waals surface area contributed by atoms with Gasteiger partial charge in [0.1, 0.15) is 17.2 Å². The van der Waals surface area contributed by atoms with Gasteiger partial charge in [-0.3, -0.25) is 0 Å². The van der Waals surface area contributed by atoms with E-state index in [4.69, 9.17) is 0 Å². The predicted molar refractivity (Wildman–Crippen MR) is 123 cm³/mol. The summed E-state index contributed by atoms with van der Waals surface area (Å²) in [5, 5.41) is 29.1. The highest BCUT2D eigenvalue weighted by atomic mass is 16.3. The molecule has 3 rings (SSSR count). The molecule has 0 fully saturated rings. The molecule has 3 N–H and O–H groups in total. The quantitative estimate of drug-likeness (QED) is 0.435. The lowest BCUT2D eigenvalue weighted by Crippen LogP contribution is -2.32. The first-order chi connectivity index (χ1) is 14.2. The lowest BCUT2D eigenvalue weighted by molar-refractivity contribution is 0.336. The van der Waals surface area contributed by atoms with Crippen molar-refractivity contribution in [1.29, 1.82) is 0 Å². The fourth-order valence-electron chi connectivity index (χ4n) is 4.14. The lowest BCUT2D eigenvalue weighted by atomic mass is 9.65. The maximum absolute atomic E-state index is 9.80. The third-order valence-corrected chi connectivity index (χ3v) is 6.44.